The van der Waals surface area contributed by atoms with Crippen LogP contribution in [0.5, 0.6) is 5.75 Å². The molecule has 1 unspecified atom stereocenters. The molecular formula is C20H20O5. The zero-order valence-corrected chi connectivity index (χ0v) is 14.4. The Kier molecular flexibility index (Phi) is 3.90. The average Bonchev–Trinajstić information content (AvgIpc) is 3.27. The summed E-state index contributed by atoms with van der Waals surface area (Å²) in [6.07, 6.45) is 0.0529. The van der Waals surface area contributed by atoms with Gasteiger partial charge < -0.3 is 14.2 Å². The lowest BCUT2D eigenvalue weighted by molar-refractivity contribution is -0.128. The minimum Gasteiger partial charge on any atom is -0.496 e. The number of methoxy groups -OCH3 is 2. The Bertz CT molecular complexity index is 802. The van der Waals surface area contributed by atoms with Gasteiger partial charge in [-0.05, 0) is 19.1 Å². The Balaban J connectivity index is 1.72. The van der Waals surface area contributed by atoms with E-state index in [1.165, 1.54) is 0 Å². The molecule has 0 radical (unpaired) electrons. The molecule has 3 fully saturated rings. The zero-order chi connectivity index (χ0) is 17.7. The highest BCUT2D eigenvalue weighted by Crippen LogP contribution is 2.53. The van der Waals surface area contributed by atoms with E-state index >= 15 is 0 Å². The Labute approximate surface area is 146 Å². The largest absolute Gasteiger partial charge is 0.496 e. The Morgan fingerprint density at radius 3 is 2.60 bits per heavy atom. The predicted octanol–water partition coefficient (Wildman–Crippen LogP) is 1.72. The molecule has 2 heterocycles. The van der Waals surface area contributed by atoms with Crippen LogP contribution in [0.3, 0.4) is 0 Å². The van der Waals surface area contributed by atoms with Gasteiger partial charge in [0.2, 0.25) is 0 Å². The van der Waals surface area contributed by atoms with Gasteiger partial charge in [0, 0.05) is 24.7 Å². The number of fused-ring (bicyclic) bond motifs is 5. The Hall–Kier alpha value is -2.16. The summed E-state index contributed by atoms with van der Waals surface area (Å²) in [5.74, 6) is 4.67. The van der Waals surface area contributed by atoms with Crippen LogP contribution in [-0.2, 0) is 19.1 Å². The molecule has 5 heteroatoms. The maximum Gasteiger partial charge on any atom is 0.154 e. The number of Topliss-reactive ketones (excluding diaryl/α,β-unsaturated/α-hetero) is 2. The number of benzene rings is 1. The molecule has 1 saturated carbocycles. The van der Waals surface area contributed by atoms with Gasteiger partial charge in [-0.3, -0.25) is 9.59 Å². The van der Waals surface area contributed by atoms with Crippen LogP contribution in [0.15, 0.2) is 18.2 Å². The molecule has 130 valence electrons. The molecule has 1 aromatic rings. The molecule has 2 aliphatic heterocycles. The van der Waals surface area contributed by atoms with Crippen LogP contribution in [-0.4, -0.2) is 44.1 Å². The summed E-state index contributed by atoms with van der Waals surface area (Å²) in [7, 11) is 3.17. The number of hydrogen-bond acceptors (Lipinski definition) is 5. The molecule has 2 saturated heterocycles. The summed E-state index contributed by atoms with van der Waals surface area (Å²) in [5.41, 5.74) is 1.42. The lowest BCUT2D eigenvalue weighted by atomic mass is 9.79. The molecule has 0 spiro atoms. The standard InChI is InChI=1S/C20H20O5/c1-4-5-10-6-7-11(12(8-10)23-2)15-18(21)16-13-9-14(24-3)20(25-13)17(16)19(15)22/h6-8,13-17,20H,9H2,1-3H3/t13-,14-,15?,16-,17+,20+/m0/s1. The van der Waals surface area contributed by atoms with Gasteiger partial charge in [0.25, 0.3) is 0 Å². The summed E-state index contributed by atoms with van der Waals surface area (Å²) < 4.78 is 16.7. The van der Waals surface area contributed by atoms with Gasteiger partial charge in [-0.15, -0.1) is 5.92 Å². The first-order chi connectivity index (χ1) is 12.1. The lowest BCUT2D eigenvalue weighted by Crippen LogP contribution is -2.39. The van der Waals surface area contributed by atoms with Gasteiger partial charge in [-0.25, -0.2) is 0 Å². The number of ketones is 2. The molecular weight excluding hydrogens is 320 g/mol. The highest BCUT2D eigenvalue weighted by Gasteiger charge is 2.66. The molecule has 4 rings (SSSR count). The molecule has 2 bridgehead atoms. The van der Waals surface area contributed by atoms with Crippen molar-refractivity contribution in [2.24, 2.45) is 11.8 Å². The zero-order valence-electron chi connectivity index (χ0n) is 14.4. The van der Waals surface area contributed by atoms with Gasteiger partial charge in [-0.2, -0.15) is 0 Å². The van der Waals surface area contributed by atoms with Crippen molar-refractivity contribution in [3.63, 3.8) is 0 Å². The molecule has 25 heavy (non-hydrogen) atoms. The van der Waals surface area contributed by atoms with Gasteiger partial charge in [-0.1, -0.05) is 12.0 Å². The minimum atomic E-state index is -0.780. The topological polar surface area (TPSA) is 61.8 Å². The van der Waals surface area contributed by atoms with Crippen LogP contribution in [0.25, 0.3) is 0 Å². The Morgan fingerprint density at radius 2 is 1.92 bits per heavy atom. The summed E-state index contributed by atoms with van der Waals surface area (Å²) in [5, 5.41) is 0. The molecule has 1 aliphatic carbocycles. The molecule has 5 nitrogen and oxygen atoms in total. The van der Waals surface area contributed by atoms with Gasteiger partial charge in [0.05, 0.1) is 37.3 Å². The molecule has 0 amide bonds. The number of ether oxygens (including phenoxy) is 3. The van der Waals surface area contributed by atoms with Crippen molar-refractivity contribution in [2.45, 2.75) is 37.6 Å². The maximum atomic E-state index is 13.1. The highest BCUT2D eigenvalue weighted by molar-refractivity contribution is 6.17. The van der Waals surface area contributed by atoms with E-state index in [1.54, 1.807) is 33.3 Å². The van der Waals surface area contributed by atoms with Crippen molar-refractivity contribution >= 4 is 11.6 Å². The summed E-state index contributed by atoms with van der Waals surface area (Å²) in [6.45, 7) is 1.76. The number of carbonyl (C=O) groups excluding carboxylic acids is 2. The first-order valence-electron chi connectivity index (χ1n) is 8.47. The van der Waals surface area contributed by atoms with Crippen molar-refractivity contribution < 1.29 is 23.8 Å². The third kappa shape index (κ3) is 2.25. The quantitative estimate of drug-likeness (QED) is 0.619. The molecule has 0 N–H and O–H groups in total. The fraction of sp³-hybridized carbons (Fsp3) is 0.500. The van der Waals surface area contributed by atoms with E-state index in [0.29, 0.717) is 17.7 Å². The van der Waals surface area contributed by atoms with Crippen molar-refractivity contribution in [1.82, 2.24) is 0 Å². The van der Waals surface area contributed by atoms with Crippen LogP contribution in [0, 0.1) is 23.7 Å². The third-order valence-electron chi connectivity index (χ3n) is 5.65. The second kappa shape index (κ2) is 5.98. The van der Waals surface area contributed by atoms with E-state index in [2.05, 4.69) is 11.8 Å². The predicted molar refractivity (Wildman–Crippen MR) is 89.4 cm³/mol. The van der Waals surface area contributed by atoms with E-state index in [-0.39, 0.29) is 35.8 Å². The molecule has 3 aliphatic rings. The van der Waals surface area contributed by atoms with Crippen LogP contribution < -0.4 is 4.74 Å². The van der Waals surface area contributed by atoms with Crippen molar-refractivity contribution in [3.8, 4) is 17.6 Å². The van der Waals surface area contributed by atoms with Gasteiger partial charge in [0.15, 0.2) is 11.6 Å². The van der Waals surface area contributed by atoms with Gasteiger partial charge >= 0.3 is 0 Å². The van der Waals surface area contributed by atoms with Crippen molar-refractivity contribution in [2.75, 3.05) is 14.2 Å². The summed E-state index contributed by atoms with van der Waals surface area (Å²) >= 11 is 0. The maximum absolute atomic E-state index is 13.1. The van der Waals surface area contributed by atoms with E-state index in [4.69, 9.17) is 14.2 Å². The smallest absolute Gasteiger partial charge is 0.154 e. The van der Waals surface area contributed by atoms with Crippen LogP contribution in [0.2, 0.25) is 0 Å². The summed E-state index contributed by atoms with van der Waals surface area (Å²) in [6, 6.07) is 5.40. The fourth-order valence-electron chi connectivity index (χ4n) is 4.62. The first kappa shape index (κ1) is 16.3. The first-order valence-corrected chi connectivity index (χ1v) is 8.47. The van der Waals surface area contributed by atoms with E-state index in [1.807, 2.05) is 6.07 Å². The molecule has 1 aromatic carbocycles. The highest BCUT2D eigenvalue weighted by atomic mass is 16.6. The van der Waals surface area contributed by atoms with Crippen LogP contribution in [0.4, 0.5) is 0 Å². The monoisotopic (exact) mass is 340 g/mol. The van der Waals surface area contributed by atoms with E-state index < -0.39 is 11.8 Å². The van der Waals surface area contributed by atoms with Crippen LogP contribution >= 0.6 is 0 Å². The molecule has 6 atom stereocenters. The summed E-state index contributed by atoms with van der Waals surface area (Å²) in [4.78, 5) is 26.1. The second-order valence-corrected chi connectivity index (χ2v) is 6.77. The lowest BCUT2D eigenvalue weighted by Gasteiger charge is -2.24. The van der Waals surface area contributed by atoms with E-state index in [0.717, 1.165) is 5.56 Å². The third-order valence-corrected chi connectivity index (χ3v) is 5.65. The molecule has 0 aromatic heterocycles. The van der Waals surface area contributed by atoms with E-state index in [9.17, 15) is 9.59 Å². The number of hydrogen-bond donors (Lipinski definition) is 0. The minimum absolute atomic E-state index is 0.0512. The number of carbonyl (C=O) groups is 2. The fourth-order valence-corrected chi connectivity index (χ4v) is 4.62. The van der Waals surface area contributed by atoms with Crippen molar-refractivity contribution in [1.29, 1.82) is 0 Å². The van der Waals surface area contributed by atoms with Crippen molar-refractivity contribution in [3.05, 3.63) is 29.3 Å². The SMILES string of the molecule is CC#Cc1ccc(C2C(=O)[C@@H]3[C@@H]4O[C@@H](C[C@@H]4OC)[C@@H]3C2=O)c(OC)c1. The number of rotatable bonds is 3. The van der Waals surface area contributed by atoms with Crippen LogP contribution in [0.1, 0.15) is 30.4 Å². The normalized spacial score (nSPS) is 35.5. The Morgan fingerprint density at radius 1 is 1.16 bits per heavy atom. The second-order valence-electron chi connectivity index (χ2n) is 6.77. The average molecular weight is 340 g/mol. The van der Waals surface area contributed by atoms with Gasteiger partial charge in [0.1, 0.15) is 11.7 Å².